The van der Waals surface area contributed by atoms with E-state index in [-0.39, 0.29) is 10.7 Å². The zero-order chi connectivity index (χ0) is 11.2. The smallest absolute Gasteiger partial charge is 0.0293 e. The van der Waals surface area contributed by atoms with E-state index >= 15 is 0 Å². The van der Waals surface area contributed by atoms with Gasteiger partial charge in [0.2, 0.25) is 0 Å². The lowest BCUT2D eigenvalue weighted by Crippen LogP contribution is -1.97. The molecule has 16 heavy (non-hydrogen) atoms. The van der Waals surface area contributed by atoms with Gasteiger partial charge in [-0.3, -0.25) is 4.78 Å². The first kappa shape index (κ1) is 11.1. The second-order valence-corrected chi connectivity index (χ2v) is 5.32. The van der Waals surface area contributed by atoms with Gasteiger partial charge < -0.3 is 0 Å². The minimum atomic E-state index is -0.322. The highest BCUT2D eigenvalue weighted by molar-refractivity contribution is 7.84. The number of hydrogen-bond donors (Lipinski definition) is 1. The molecule has 2 aromatic carbocycles. The van der Waals surface area contributed by atoms with E-state index in [0.29, 0.717) is 0 Å². The van der Waals surface area contributed by atoms with E-state index in [9.17, 15) is 0 Å². The molecule has 1 N–H and O–H groups in total. The summed E-state index contributed by atoms with van der Waals surface area (Å²) in [5, 5.41) is 0. The molecule has 2 heteroatoms. The summed E-state index contributed by atoms with van der Waals surface area (Å²) in [7, 11) is -0.322. The van der Waals surface area contributed by atoms with Crippen molar-refractivity contribution in [1.82, 2.24) is 0 Å². The lowest BCUT2D eigenvalue weighted by molar-refractivity contribution is 1.32. The summed E-state index contributed by atoms with van der Waals surface area (Å²) in [6.45, 7) is 0. The largest absolute Gasteiger partial charge is 0.280 e. The first-order valence-corrected chi connectivity index (χ1v) is 6.87. The van der Waals surface area contributed by atoms with Crippen LogP contribution in [0.5, 0.6) is 0 Å². The Kier molecular flexibility index (Phi) is 3.89. The number of rotatable bonds is 4. The molecule has 0 spiro atoms. The topological polar surface area (TPSA) is 23.9 Å². The highest BCUT2D eigenvalue weighted by Crippen LogP contribution is 2.09. The number of hydrogen-bond acceptors (Lipinski definition) is 1. The van der Waals surface area contributed by atoms with Gasteiger partial charge in [-0.15, -0.1) is 0 Å². The summed E-state index contributed by atoms with van der Waals surface area (Å²) in [6.07, 6.45) is 0. The minimum Gasteiger partial charge on any atom is -0.280 e. The van der Waals surface area contributed by atoms with E-state index in [1.807, 2.05) is 36.4 Å². The third kappa shape index (κ3) is 3.31. The maximum atomic E-state index is 8.07. The highest BCUT2D eigenvalue weighted by atomic mass is 32.2. The first-order chi connectivity index (χ1) is 7.84. The highest BCUT2D eigenvalue weighted by Gasteiger charge is 1.99. The average Bonchev–Trinajstić information content (AvgIpc) is 2.31. The molecule has 0 saturated carbocycles. The Morgan fingerprint density at radius 2 is 1.06 bits per heavy atom. The molecular formula is C14H15NS. The van der Waals surface area contributed by atoms with E-state index < -0.39 is 0 Å². The fourth-order valence-electron chi connectivity index (χ4n) is 1.60. The van der Waals surface area contributed by atoms with E-state index in [1.165, 1.54) is 11.1 Å². The Morgan fingerprint density at radius 1 is 0.688 bits per heavy atom. The van der Waals surface area contributed by atoms with E-state index in [4.69, 9.17) is 4.78 Å². The second-order valence-electron chi connectivity index (χ2n) is 3.75. The van der Waals surface area contributed by atoms with Crippen LogP contribution in [0.25, 0.3) is 0 Å². The lowest BCUT2D eigenvalue weighted by atomic mass is 10.2. The van der Waals surface area contributed by atoms with Crippen molar-refractivity contribution in [3.63, 3.8) is 0 Å². The molecule has 0 amide bonds. The van der Waals surface area contributed by atoms with Gasteiger partial charge in [-0.05, 0) is 11.1 Å². The molecule has 0 unspecified atom stereocenters. The summed E-state index contributed by atoms with van der Waals surface area (Å²) < 4.78 is 8.07. The molecule has 0 fully saturated rings. The molecular weight excluding hydrogens is 214 g/mol. The normalized spacial score (nSPS) is 10.6. The van der Waals surface area contributed by atoms with Gasteiger partial charge in [-0.2, -0.15) is 0 Å². The van der Waals surface area contributed by atoms with Crippen LogP contribution in [0.1, 0.15) is 11.1 Å². The van der Waals surface area contributed by atoms with Crippen molar-refractivity contribution in [3.05, 3.63) is 71.8 Å². The van der Waals surface area contributed by atoms with Crippen molar-refractivity contribution in [2.24, 2.45) is 0 Å². The summed E-state index contributed by atoms with van der Waals surface area (Å²) in [5.41, 5.74) is 2.52. The maximum absolute atomic E-state index is 8.07. The van der Waals surface area contributed by atoms with Crippen LogP contribution in [0.4, 0.5) is 0 Å². The summed E-state index contributed by atoms with van der Waals surface area (Å²) in [4.78, 5) is 0. The predicted octanol–water partition coefficient (Wildman–Crippen LogP) is 3.77. The average molecular weight is 229 g/mol. The van der Waals surface area contributed by atoms with Crippen molar-refractivity contribution in [3.8, 4) is 0 Å². The zero-order valence-corrected chi connectivity index (χ0v) is 9.91. The quantitative estimate of drug-likeness (QED) is 0.825. The molecule has 1 nitrogen and oxygen atoms in total. The predicted molar refractivity (Wildman–Crippen MR) is 70.4 cm³/mol. The molecule has 0 heterocycles. The Morgan fingerprint density at radius 3 is 1.44 bits per heavy atom. The van der Waals surface area contributed by atoms with Crippen molar-refractivity contribution in [2.75, 3.05) is 0 Å². The van der Waals surface area contributed by atoms with Crippen molar-refractivity contribution >= 4 is 10.7 Å². The fourth-order valence-corrected chi connectivity index (χ4v) is 2.89. The number of nitrogens with one attached hydrogen (secondary N) is 1. The minimum absolute atomic E-state index is 0.322. The standard InChI is InChI=1S/C14H15NS/c15-16(11-13-7-3-1-4-8-13)12-14-9-5-2-6-10-14/h1-10,15H,11-12H2. The molecule has 0 aliphatic rings. The molecule has 0 aliphatic carbocycles. The molecule has 82 valence electrons. The van der Waals surface area contributed by atoms with Crippen LogP contribution in [0.2, 0.25) is 0 Å². The van der Waals surface area contributed by atoms with Crippen LogP contribution >= 0.6 is 0 Å². The number of benzene rings is 2. The van der Waals surface area contributed by atoms with Crippen molar-refractivity contribution < 1.29 is 0 Å². The van der Waals surface area contributed by atoms with Gasteiger partial charge in [0.15, 0.2) is 0 Å². The maximum Gasteiger partial charge on any atom is 0.0293 e. The molecule has 0 radical (unpaired) electrons. The lowest BCUT2D eigenvalue weighted by Gasteiger charge is -2.05. The summed E-state index contributed by atoms with van der Waals surface area (Å²) in [6, 6.07) is 20.6. The first-order valence-electron chi connectivity index (χ1n) is 5.31. The van der Waals surface area contributed by atoms with Crippen LogP contribution in [0, 0.1) is 4.78 Å². The van der Waals surface area contributed by atoms with Gasteiger partial charge in [0.05, 0.1) is 0 Å². The van der Waals surface area contributed by atoms with Crippen molar-refractivity contribution in [2.45, 2.75) is 11.5 Å². The Labute approximate surface area is 99.0 Å². The molecule has 2 aromatic rings. The van der Waals surface area contributed by atoms with Crippen LogP contribution in [0.15, 0.2) is 60.7 Å². The Balaban J connectivity index is 1.95. The Hall–Kier alpha value is -1.41. The van der Waals surface area contributed by atoms with Gasteiger partial charge >= 0.3 is 0 Å². The van der Waals surface area contributed by atoms with Crippen LogP contribution < -0.4 is 0 Å². The molecule has 0 aromatic heterocycles. The third-order valence-electron chi connectivity index (χ3n) is 2.37. The monoisotopic (exact) mass is 229 g/mol. The van der Waals surface area contributed by atoms with E-state index in [2.05, 4.69) is 24.3 Å². The zero-order valence-electron chi connectivity index (χ0n) is 9.10. The molecule has 0 saturated heterocycles. The van der Waals surface area contributed by atoms with Gasteiger partial charge in [-0.25, -0.2) is 0 Å². The third-order valence-corrected chi connectivity index (χ3v) is 3.73. The van der Waals surface area contributed by atoms with E-state index in [0.717, 1.165) is 11.5 Å². The molecule has 0 atom stereocenters. The van der Waals surface area contributed by atoms with E-state index in [1.54, 1.807) is 0 Å². The SMILES string of the molecule is N=S(Cc1ccccc1)Cc1ccccc1. The summed E-state index contributed by atoms with van der Waals surface area (Å²) in [5.74, 6) is 1.71. The molecule has 0 aliphatic heterocycles. The Bertz CT molecular complexity index is 407. The second kappa shape index (κ2) is 5.61. The van der Waals surface area contributed by atoms with Crippen LogP contribution in [-0.4, -0.2) is 0 Å². The molecule has 0 bridgehead atoms. The van der Waals surface area contributed by atoms with Gasteiger partial charge in [0.1, 0.15) is 0 Å². The van der Waals surface area contributed by atoms with Gasteiger partial charge in [0, 0.05) is 11.5 Å². The molecule has 2 rings (SSSR count). The van der Waals surface area contributed by atoms with Crippen molar-refractivity contribution in [1.29, 1.82) is 4.78 Å². The fraction of sp³-hybridized carbons (Fsp3) is 0.143. The van der Waals surface area contributed by atoms with Gasteiger partial charge in [0.25, 0.3) is 0 Å². The van der Waals surface area contributed by atoms with Gasteiger partial charge in [-0.1, -0.05) is 71.4 Å². The van der Waals surface area contributed by atoms with Crippen LogP contribution in [0.3, 0.4) is 0 Å². The summed E-state index contributed by atoms with van der Waals surface area (Å²) >= 11 is 0. The van der Waals surface area contributed by atoms with Crippen LogP contribution in [-0.2, 0) is 22.2 Å².